The third-order valence-electron chi connectivity index (χ3n) is 4.05. The van der Waals surface area contributed by atoms with Gasteiger partial charge in [-0.1, -0.05) is 57.4 Å². The quantitative estimate of drug-likeness (QED) is 0.802. The molecule has 0 saturated heterocycles. The van der Waals surface area contributed by atoms with E-state index < -0.39 is 0 Å². The number of rotatable bonds is 7. The fourth-order valence-electron chi connectivity index (χ4n) is 2.85. The van der Waals surface area contributed by atoms with Gasteiger partial charge in [-0.15, -0.1) is 0 Å². The molecule has 0 atom stereocenters. The highest BCUT2D eigenvalue weighted by molar-refractivity contribution is 5.22. The molecule has 0 bridgehead atoms. The van der Waals surface area contributed by atoms with Gasteiger partial charge < -0.3 is 10.1 Å². The fourth-order valence-corrected chi connectivity index (χ4v) is 2.85. The molecular formula is C18H29NO. The van der Waals surface area contributed by atoms with E-state index in [1.807, 2.05) is 0 Å². The van der Waals surface area contributed by atoms with Gasteiger partial charge in [-0.2, -0.15) is 0 Å². The molecule has 0 unspecified atom stereocenters. The predicted molar refractivity (Wildman–Crippen MR) is 84.6 cm³/mol. The highest BCUT2D eigenvalue weighted by atomic mass is 16.5. The summed E-state index contributed by atoms with van der Waals surface area (Å²) in [6, 6.07) is 9.27. The maximum absolute atomic E-state index is 5.92. The van der Waals surface area contributed by atoms with E-state index in [1.165, 1.54) is 43.2 Å². The van der Waals surface area contributed by atoms with Crippen LogP contribution >= 0.6 is 0 Å². The largest absolute Gasteiger partial charge is 0.376 e. The summed E-state index contributed by atoms with van der Waals surface area (Å²) < 4.78 is 5.92. The predicted octanol–water partition coefficient (Wildman–Crippen LogP) is 4.28. The van der Waals surface area contributed by atoms with Crippen LogP contribution in [0.2, 0.25) is 0 Å². The van der Waals surface area contributed by atoms with Gasteiger partial charge in [0, 0.05) is 19.2 Å². The maximum atomic E-state index is 5.92. The first-order chi connectivity index (χ1) is 9.74. The normalized spacial score (nSPS) is 16.8. The van der Waals surface area contributed by atoms with Gasteiger partial charge in [0.25, 0.3) is 0 Å². The summed E-state index contributed by atoms with van der Waals surface area (Å²) in [6.07, 6.45) is 6.92. The Bertz CT molecular complexity index is 383. The molecule has 0 spiro atoms. The minimum Gasteiger partial charge on any atom is -0.376 e. The molecule has 1 aromatic rings. The Morgan fingerprint density at radius 1 is 1.15 bits per heavy atom. The van der Waals surface area contributed by atoms with Gasteiger partial charge in [0.1, 0.15) is 0 Å². The van der Waals surface area contributed by atoms with Crippen LogP contribution in [0, 0.1) is 5.92 Å². The zero-order valence-electron chi connectivity index (χ0n) is 13.0. The maximum Gasteiger partial charge on any atom is 0.0717 e. The Morgan fingerprint density at radius 2 is 1.90 bits per heavy atom. The van der Waals surface area contributed by atoms with E-state index in [-0.39, 0.29) is 0 Å². The first-order valence-electron chi connectivity index (χ1n) is 8.13. The van der Waals surface area contributed by atoms with E-state index in [1.54, 1.807) is 0 Å². The average molecular weight is 275 g/mol. The summed E-state index contributed by atoms with van der Waals surface area (Å²) in [7, 11) is 0. The van der Waals surface area contributed by atoms with Crippen molar-refractivity contribution in [2.45, 2.75) is 65.1 Å². The summed E-state index contributed by atoms with van der Waals surface area (Å²) in [6.45, 7) is 6.99. The molecule has 0 aliphatic heterocycles. The van der Waals surface area contributed by atoms with Gasteiger partial charge in [0.15, 0.2) is 0 Å². The first-order valence-corrected chi connectivity index (χ1v) is 8.13. The van der Waals surface area contributed by atoms with Crippen molar-refractivity contribution in [1.82, 2.24) is 5.32 Å². The van der Waals surface area contributed by atoms with Gasteiger partial charge in [0.2, 0.25) is 0 Å². The zero-order chi connectivity index (χ0) is 14.2. The second kappa shape index (κ2) is 8.43. The van der Waals surface area contributed by atoms with E-state index in [2.05, 4.69) is 43.4 Å². The lowest BCUT2D eigenvalue weighted by molar-refractivity contribution is 0.0739. The fraction of sp³-hybridized carbons (Fsp3) is 0.667. The number of nitrogens with one attached hydrogen (secondary N) is 1. The number of hydrogen-bond donors (Lipinski definition) is 1. The summed E-state index contributed by atoms with van der Waals surface area (Å²) in [5.74, 6) is 0.801. The first kappa shape index (κ1) is 15.5. The minimum atomic E-state index is 0.529. The van der Waals surface area contributed by atoms with Crippen molar-refractivity contribution < 1.29 is 4.74 Å². The van der Waals surface area contributed by atoms with Crippen molar-refractivity contribution in [3.8, 4) is 0 Å². The van der Waals surface area contributed by atoms with E-state index in [9.17, 15) is 0 Å². The van der Waals surface area contributed by atoms with E-state index >= 15 is 0 Å². The van der Waals surface area contributed by atoms with Crippen LogP contribution in [-0.4, -0.2) is 12.6 Å². The molecule has 20 heavy (non-hydrogen) atoms. The molecule has 0 aromatic heterocycles. The van der Waals surface area contributed by atoms with Crippen molar-refractivity contribution in [2.75, 3.05) is 6.61 Å². The minimum absolute atomic E-state index is 0.529. The summed E-state index contributed by atoms with van der Waals surface area (Å²) in [5.41, 5.74) is 2.64. The van der Waals surface area contributed by atoms with Crippen LogP contribution in [0.5, 0.6) is 0 Å². The van der Waals surface area contributed by atoms with Crippen molar-refractivity contribution >= 4 is 0 Å². The van der Waals surface area contributed by atoms with Crippen LogP contribution in [0.1, 0.15) is 57.1 Å². The molecule has 1 aromatic carbocycles. The highest BCUT2D eigenvalue weighted by Gasteiger charge is 2.13. The molecule has 0 heterocycles. The monoisotopic (exact) mass is 275 g/mol. The number of benzene rings is 1. The Kier molecular flexibility index (Phi) is 6.55. The summed E-state index contributed by atoms with van der Waals surface area (Å²) >= 11 is 0. The van der Waals surface area contributed by atoms with Gasteiger partial charge >= 0.3 is 0 Å². The molecule has 2 rings (SSSR count). The Hall–Kier alpha value is -0.860. The topological polar surface area (TPSA) is 21.3 Å². The average Bonchev–Trinajstić information content (AvgIpc) is 2.47. The van der Waals surface area contributed by atoms with E-state index in [4.69, 9.17) is 4.74 Å². The van der Waals surface area contributed by atoms with Crippen LogP contribution in [0.25, 0.3) is 0 Å². The Morgan fingerprint density at radius 3 is 2.65 bits per heavy atom. The van der Waals surface area contributed by atoms with Gasteiger partial charge in [-0.25, -0.2) is 0 Å². The van der Waals surface area contributed by atoms with Crippen LogP contribution in [0.4, 0.5) is 0 Å². The third kappa shape index (κ3) is 5.64. The van der Waals surface area contributed by atoms with Crippen molar-refractivity contribution in [2.24, 2.45) is 5.92 Å². The molecule has 1 aliphatic rings. The number of hydrogen-bond acceptors (Lipinski definition) is 2. The molecule has 1 fully saturated rings. The Labute approximate surface area is 123 Å². The number of ether oxygens (including phenoxy) is 1. The van der Waals surface area contributed by atoms with Crippen molar-refractivity contribution in [3.05, 3.63) is 35.4 Å². The second-order valence-electron chi connectivity index (χ2n) is 6.37. The summed E-state index contributed by atoms with van der Waals surface area (Å²) in [4.78, 5) is 0. The van der Waals surface area contributed by atoms with Gasteiger partial charge in [-0.3, -0.25) is 0 Å². The SMILES string of the molecule is CC(C)NCc1cccc(COCC2CCCCC2)c1. The second-order valence-corrected chi connectivity index (χ2v) is 6.37. The third-order valence-corrected chi connectivity index (χ3v) is 4.05. The molecule has 2 heteroatoms. The van der Waals surface area contributed by atoms with Crippen LogP contribution in [0.3, 0.4) is 0 Å². The summed E-state index contributed by atoms with van der Waals surface area (Å²) in [5, 5.41) is 3.46. The van der Waals surface area contributed by atoms with E-state index in [0.29, 0.717) is 6.04 Å². The zero-order valence-corrected chi connectivity index (χ0v) is 13.0. The van der Waals surface area contributed by atoms with Gasteiger partial charge in [0.05, 0.1) is 6.61 Å². The van der Waals surface area contributed by atoms with Crippen LogP contribution in [0.15, 0.2) is 24.3 Å². The molecular weight excluding hydrogens is 246 g/mol. The standard InChI is InChI=1S/C18H29NO/c1-15(2)19-12-17-9-6-10-18(11-17)14-20-13-16-7-4-3-5-8-16/h6,9-11,15-16,19H,3-5,7-8,12-14H2,1-2H3. The molecule has 112 valence electrons. The highest BCUT2D eigenvalue weighted by Crippen LogP contribution is 2.24. The molecule has 1 aliphatic carbocycles. The van der Waals surface area contributed by atoms with E-state index in [0.717, 1.165) is 25.7 Å². The lowest BCUT2D eigenvalue weighted by Gasteiger charge is -2.21. The lowest BCUT2D eigenvalue weighted by atomic mass is 9.90. The molecule has 2 nitrogen and oxygen atoms in total. The van der Waals surface area contributed by atoms with Crippen LogP contribution in [-0.2, 0) is 17.9 Å². The van der Waals surface area contributed by atoms with Gasteiger partial charge in [-0.05, 0) is 29.9 Å². The molecule has 0 radical (unpaired) electrons. The van der Waals surface area contributed by atoms with Crippen molar-refractivity contribution in [1.29, 1.82) is 0 Å². The Balaban J connectivity index is 1.73. The smallest absolute Gasteiger partial charge is 0.0717 e. The molecule has 1 N–H and O–H groups in total. The lowest BCUT2D eigenvalue weighted by Crippen LogP contribution is -2.21. The molecule has 0 amide bonds. The van der Waals surface area contributed by atoms with Crippen LogP contribution < -0.4 is 5.32 Å². The van der Waals surface area contributed by atoms with Crippen molar-refractivity contribution in [3.63, 3.8) is 0 Å². The molecule has 1 saturated carbocycles.